The minimum Gasteiger partial charge on any atom is -0.343 e. The lowest BCUT2D eigenvalue weighted by molar-refractivity contribution is -0.131. The van der Waals surface area contributed by atoms with Crippen molar-refractivity contribution in [2.75, 3.05) is 13.6 Å². The topological polar surface area (TPSA) is 46.3 Å². The normalized spacial score (nSPS) is 26.0. The molecule has 1 aliphatic rings. The summed E-state index contributed by atoms with van der Waals surface area (Å²) < 4.78 is 0. The van der Waals surface area contributed by atoms with E-state index in [1.54, 1.807) is 4.90 Å². The van der Waals surface area contributed by atoms with E-state index in [-0.39, 0.29) is 11.8 Å². The summed E-state index contributed by atoms with van der Waals surface area (Å²) >= 11 is 0. The van der Waals surface area contributed by atoms with Crippen molar-refractivity contribution >= 4 is 5.91 Å². The Balaban J connectivity index is 2.12. The van der Waals surface area contributed by atoms with Gasteiger partial charge in [0, 0.05) is 19.5 Å². The van der Waals surface area contributed by atoms with Crippen LogP contribution in [0.1, 0.15) is 17.0 Å². The summed E-state index contributed by atoms with van der Waals surface area (Å²) in [5.41, 5.74) is 7.61. The van der Waals surface area contributed by atoms with Crippen molar-refractivity contribution in [1.82, 2.24) is 4.90 Å². The van der Waals surface area contributed by atoms with Gasteiger partial charge in [-0.1, -0.05) is 60.7 Å². The molecule has 102 valence electrons. The average molecular weight is 266 g/mol. The smallest absolute Gasteiger partial charge is 0.247 e. The molecule has 1 fully saturated rings. The van der Waals surface area contributed by atoms with Gasteiger partial charge in [-0.3, -0.25) is 4.79 Å². The van der Waals surface area contributed by atoms with Crippen molar-refractivity contribution in [3.8, 4) is 0 Å². The van der Waals surface area contributed by atoms with Crippen LogP contribution in [0.15, 0.2) is 60.7 Å². The van der Waals surface area contributed by atoms with Crippen LogP contribution in [0.3, 0.4) is 0 Å². The van der Waals surface area contributed by atoms with Gasteiger partial charge in [-0.15, -0.1) is 0 Å². The fourth-order valence-electron chi connectivity index (χ4n) is 3.06. The van der Waals surface area contributed by atoms with Crippen molar-refractivity contribution in [2.45, 2.75) is 11.5 Å². The standard InChI is InChI=1S/C17H18N2O/c1-19-12-15(13-8-4-2-5-9-13)17(18,16(19)20)14-10-6-3-7-11-14/h2-11,15H,12,18H2,1H3. The number of likely N-dealkylation sites (N-methyl/N-ethyl adjacent to an activating group) is 1. The van der Waals surface area contributed by atoms with Crippen molar-refractivity contribution in [3.05, 3.63) is 71.8 Å². The third-order valence-electron chi connectivity index (χ3n) is 4.16. The van der Waals surface area contributed by atoms with E-state index in [0.29, 0.717) is 6.54 Å². The predicted molar refractivity (Wildman–Crippen MR) is 79.1 cm³/mol. The lowest BCUT2D eigenvalue weighted by Gasteiger charge is -2.29. The summed E-state index contributed by atoms with van der Waals surface area (Å²) in [5.74, 6) is -0.0406. The zero-order valence-corrected chi connectivity index (χ0v) is 11.5. The van der Waals surface area contributed by atoms with Crippen LogP contribution in [-0.4, -0.2) is 24.4 Å². The van der Waals surface area contributed by atoms with Gasteiger partial charge in [0.15, 0.2) is 0 Å². The summed E-state index contributed by atoms with van der Waals surface area (Å²) in [5, 5.41) is 0. The van der Waals surface area contributed by atoms with Gasteiger partial charge in [0.05, 0.1) is 0 Å². The van der Waals surface area contributed by atoms with Crippen LogP contribution in [-0.2, 0) is 10.3 Å². The fourth-order valence-corrected chi connectivity index (χ4v) is 3.06. The maximum absolute atomic E-state index is 12.6. The number of nitrogens with zero attached hydrogens (tertiary/aromatic N) is 1. The molecule has 0 aromatic heterocycles. The number of nitrogens with two attached hydrogens (primary N) is 1. The summed E-state index contributed by atoms with van der Waals surface area (Å²) in [7, 11) is 1.82. The molecule has 0 bridgehead atoms. The molecular weight excluding hydrogens is 248 g/mol. The van der Waals surface area contributed by atoms with Gasteiger partial charge in [-0.25, -0.2) is 0 Å². The molecule has 2 unspecified atom stereocenters. The number of hydrogen-bond acceptors (Lipinski definition) is 2. The molecule has 0 aliphatic carbocycles. The molecule has 3 heteroatoms. The zero-order chi connectivity index (χ0) is 14.2. The van der Waals surface area contributed by atoms with Gasteiger partial charge >= 0.3 is 0 Å². The number of hydrogen-bond donors (Lipinski definition) is 1. The van der Waals surface area contributed by atoms with E-state index in [2.05, 4.69) is 0 Å². The number of rotatable bonds is 2. The maximum atomic E-state index is 12.6. The van der Waals surface area contributed by atoms with Gasteiger partial charge < -0.3 is 10.6 Å². The van der Waals surface area contributed by atoms with Crippen LogP contribution < -0.4 is 5.73 Å². The first-order valence-corrected chi connectivity index (χ1v) is 6.79. The second kappa shape index (κ2) is 4.76. The monoisotopic (exact) mass is 266 g/mol. The van der Waals surface area contributed by atoms with E-state index < -0.39 is 5.54 Å². The van der Waals surface area contributed by atoms with Crippen LogP contribution in [0.5, 0.6) is 0 Å². The second-order valence-corrected chi connectivity index (χ2v) is 5.38. The van der Waals surface area contributed by atoms with Gasteiger partial charge in [-0.05, 0) is 11.1 Å². The minimum absolute atomic E-state index is 0.0162. The van der Waals surface area contributed by atoms with Crippen LogP contribution in [0.4, 0.5) is 0 Å². The first-order valence-electron chi connectivity index (χ1n) is 6.79. The number of carbonyl (C=O) groups excluding carboxylic acids is 1. The molecule has 0 radical (unpaired) electrons. The maximum Gasteiger partial charge on any atom is 0.247 e. The molecule has 20 heavy (non-hydrogen) atoms. The number of benzene rings is 2. The van der Waals surface area contributed by atoms with Gasteiger partial charge in [0.2, 0.25) is 5.91 Å². The number of likely N-dealkylation sites (tertiary alicyclic amines) is 1. The van der Waals surface area contributed by atoms with Crippen LogP contribution in [0.25, 0.3) is 0 Å². The van der Waals surface area contributed by atoms with Gasteiger partial charge in [-0.2, -0.15) is 0 Å². The Labute approximate surface area is 119 Å². The highest BCUT2D eigenvalue weighted by molar-refractivity contribution is 5.91. The summed E-state index contributed by atoms with van der Waals surface area (Å²) in [6, 6.07) is 19.7. The number of carbonyl (C=O) groups is 1. The van der Waals surface area contributed by atoms with Crippen molar-refractivity contribution in [1.29, 1.82) is 0 Å². The lowest BCUT2D eigenvalue weighted by Crippen LogP contribution is -2.47. The van der Waals surface area contributed by atoms with Gasteiger partial charge in [0.25, 0.3) is 0 Å². The summed E-state index contributed by atoms with van der Waals surface area (Å²) in [6.07, 6.45) is 0. The second-order valence-electron chi connectivity index (χ2n) is 5.38. The first kappa shape index (κ1) is 12.9. The Bertz CT molecular complexity index is 611. The van der Waals surface area contributed by atoms with E-state index in [1.165, 1.54) is 0 Å². The third kappa shape index (κ3) is 1.82. The Morgan fingerprint density at radius 3 is 2.20 bits per heavy atom. The molecule has 2 atom stereocenters. The number of amides is 1. The predicted octanol–water partition coefficient (Wildman–Crippen LogP) is 2.10. The molecule has 1 aliphatic heterocycles. The molecule has 3 rings (SSSR count). The Morgan fingerprint density at radius 2 is 1.60 bits per heavy atom. The lowest BCUT2D eigenvalue weighted by atomic mass is 9.77. The summed E-state index contributed by atoms with van der Waals surface area (Å²) in [6.45, 7) is 0.647. The molecule has 1 amide bonds. The minimum atomic E-state index is -0.975. The van der Waals surface area contributed by atoms with E-state index in [9.17, 15) is 4.79 Å². The average Bonchev–Trinajstić information content (AvgIpc) is 2.74. The first-order chi connectivity index (χ1) is 9.64. The molecular formula is C17H18N2O. The molecule has 1 saturated heterocycles. The van der Waals surface area contributed by atoms with Crippen molar-refractivity contribution in [2.24, 2.45) is 5.73 Å². The Kier molecular flexibility index (Phi) is 3.07. The fraction of sp³-hybridized carbons (Fsp3) is 0.235. The van der Waals surface area contributed by atoms with E-state index in [0.717, 1.165) is 11.1 Å². The highest BCUT2D eigenvalue weighted by Crippen LogP contribution is 2.41. The van der Waals surface area contributed by atoms with Gasteiger partial charge in [0.1, 0.15) is 5.54 Å². The molecule has 2 aromatic carbocycles. The molecule has 0 saturated carbocycles. The highest BCUT2D eigenvalue weighted by Gasteiger charge is 2.51. The summed E-state index contributed by atoms with van der Waals surface area (Å²) in [4.78, 5) is 14.3. The van der Waals surface area contributed by atoms with Crippen molar-refractivity contribution < 1.29 is 4.79 Å². The quantitative estimate of drug-likeness (QED) is 0.904. The van der Waals surface area contributed by atoms with E-state index >= 15 is 0 Å². The SMILES string of the molecule is CN1CC(c2ccccc2)C(N)(c2ccccc2)C1=O. The van der Waals surface area contributed by atoms with E-state index in [4.69, 9.17) is 5.73 Å². The molecule has 3 nitrogen and oxygen atoms in total. The van der Waals surface area contributed by atoms with Crippen LogP contribution >= 0.6 is 0 Å². The molecule has 1 heterocycles. The van der Waals surface area contributed by atoms with Crippen molar-refractivity contribution in [3.63, 3.8) is 0 Å². The largest absolute Gasteiger partial charge is 0.343 e. The Hall–Kier alpha value is -2.13. The molecule has 0 spiro atoms. The Morgan fingerprint density at radius 1 is 1.05 bits per heavy atom. The highest BCUT2D eigenvalue weighted by atomic mass is 16.2. The van der Waals surface area contributed by atoms with E-state index in [1.807, 2.05) is 67.7 Å². The third-order valence-corrected chi connectivity index (χ3v) is 4.16. The van der Waals surface area contributed by atoms with Crippen LogP contribution in [0, 0.1) is 0 Å². The molecule has 2 N–H and O–H groups in total. The molecule has 2 aromatic rings. The zero-order valence-electron chi connectivity index (χ0n) is 11.5. The van der Waals surface area contributed by atoms with Crippen LogP contribution in [0.2, 0.25) is 0 Å².